The van der Waals surface area contributed by atoms with Crippen molar-refractivity contribution in [1.82, 2.24) is 19.1 Å². The fraction of sp³-hybridized carbons (Fsp3) is 0.429. The molecule has 0 aliphatic carbocycles. The van der Waals surface area contributed by atoms with Crippen LogP contribution in [0.5, 0.6) is 0 Å². The lowest BCUT2D eigenvalue weighted by molar-refractivity contribution is 0.102. The number of aromatic amines is 1. The number of imidazole rings is 1. The van der Waals surface area contributed by atoms with Crippen LogP contribution in [0, 0.1) is 0 Å². The molecule has 7 nitrogen and oxygen atoms in total. The van der Waals surface area contributed by atoms with Gasteiger partial charge in [-0.2, -0.15) is 0 Å². The summed E-state index contributed by atoms with van der Waals surface area (Å²) < 4.78 is 3.19. The summed E-state index contributed by atoms with van der Waals surface area (Å²) in [5.74, 6) is 0.217. The SMILES string of the molecule is CCCCCCCn1c(SCC(=O)c2ccccc2)nc2c1c(=O)[nH]c(=O)n2C. The second kappa shape index (κ2) is 9.73. The number of carbonyl (C=O) groups excluding carboxylic acids is 1. The first-order chi connectivity index (χ1) is 14.0. The molecule has 0 unspecified atom stereocenters. The highest BCUT2D eigenvalue weighted by Gasteiger charge is 2.18. The predicted octanol–water partition coefficient (Wildman–Crippen LogP) is 3.37. The number of ketones is 1. The number of aryl methyl sites for hydroxylation is 2. The maximum Gasteiger partial charge on any atom is 0.329 e. The maximum absolute atomic E-state index is 12.5. The Labute approximate surface area is 173 Å². The summed E-state index contributed by atoms with van der Waals surface area (Å²) >= 11 is 1.30. The van der Waals surface area contributed by atoms with Crippen LogP contribution < -0.4 is 11.2 Å². The molecule has 154 valence electrons. The van der Waals surface area contributed by atoms with Gasteiger partial charge in [-0.05, 0) is 6.42 Å². The van der Waals surface area contributed by atoms with Gasteiger partial charge in [0.1, 0.15) is 0 Å². The van der Waals surface area contributed by atoms with E-state index >= 15 is 0 Å². The summed E-state index contributed by atoms with van der Waals surface area (Å²) in [7, 11) is 1.59. The number of rotatable bonds is 10. The summed E-state index contributed by atoms with van der Waals surface area (Å²) in [5.41, 5.74) is 0.448. The smallest absolute Gasteiger partial charge is 0.313 e. The van der Waals surface area contributed by atoms with Gasteiger partial charge in [0.15, 0.2) is 22.1 Å². The first kappa shape index (κ1) is 21.1. The number of benzene rings is 1. The molecule has 0 radical (unpaired) electrons. The van der Waals surface area contributed by atoms with Gasteiger partial charge in [0.05, 0.1) is 5.75 Å². The minimum Gasteiger partial charge on any atom is -0.313 e. The molecule has 1 aromatic carbocycles. The number of hydrogen-bond donors (Lipinski definition) is 1. The van der Waals surface area contributed by atoms with Crippen molar-refractivity contribution in [3.63, 3.8) is 0 Å². The fourth-order valence-electron chi connectivity index (χ4n) is 3.24. The van der Waals surface area contributed by atoms with Crippen LogP contribution in [0.1, 0.15) is 49.4 Å². The van der Waals surface area contributed by atoms with Crippen LogP contribution in [0.3, 0.4) is 0 Å². The zero-order chi connectivity index (χ0) is 20.8. The highest BCUT2D eigenvalue weighted by atomic mass is 32.2. The predicted molar refractivity (Wildman–Crippen MR) is 116 cm³/mol. The molecule has 3 aromatic rings. The van der Waals surface area contributed by atoms with Gasteiger partial charge in [-0.25, -0.2) is 9.78 Å². The van der Waals surface area contributed by atoms with Gasteiger partial charge in [0.25, 0.3) is 5.56 Å². The van der Waals surface area contributed by atoms with Gasteiger partial charge in [0, 0.05) is 19.2 Å². The molecular weight excluding hydrogens is 388 g/mol. The van der Waals surface area contributed by atoms with E-state index in [0.717, 1.165) is 19.3 Å². The molecule has 0 spiro atoms. The zero-order valence-corrected chi connectivity index (χ0v) is 17.6. The maximum atomic E-state index is 12.5. The van der Waals surface area contributed by atoms with Crippen molar-refractivity contribution in [3.8, 4) is 0 Å². The van der Waals surface area contributed by atoms with E-state index in [1.54, 1.807) is 19.2 Å². The zero-order valence-electron chi connectivity index (χ0n) is 16.8. The number of H-pyrrole nitrogens is 1. The monoisotopic (exact) mass is 414 g/mol. The first-order valence-electron chi connectivity index (χ1n) is 9.93. The van der Waals surface area contributed by atoms with Crippen molar-refractivity contribution >= 4 is 28.7 Å². The van der Waals surface area contributed by atoms with Crippen LogP contribution in [-0.2, 0) is 13.6 Å². The number of hydrogen-bond acceptors (Lipinski definition) is 5. The number of fused-ring (bicyclic) bond motifs is 1. The number of carbonyl (C=O) groups is 1. The van der Waals surface area contributed by atoms with Crippen molar-refractivity contribution in [2.24, 2.45) is 7.05 Å². The molecule has 0 atom stereocenters. The van der Waals surface area contributed by atoms with E-state index in [4.69, 9.17) is 0 Å². The lowest BCUT2D eigenvalue weighted by Gasteiger charge is -2.08. The summed E-state index contributed by atoms with van der Waals surface area (Å²) in [6.07, 6.45) is 5.47. The third-order valence-electron chi connectivity index (χ3n) is 4.89. The molecule has 0 saturated carbocycles. The molecule has 3 rings (SSSR count). The molecule has 2 aromatic heterocycles. The van der Waals surface area contributed by atoms with E-state index in [9.17, 15) is 14.4 Å². The molecule has 2 heterocycles. The molecule has 0 aliphatic rings. The number of nitrogens with zero attached hydrogens (tertiary/aromatic N) is 3. The largest absolute Gasteiger partial charge is 0.329 e. The molecule has 29 heavy (non-hydrogen) atoms. The number of thioether (sulfide) groups is 1. The van der Waals surface area contributed by atoms with Gasteiger partial charge in [-0.3, -0.25) is 19.1 Å². The number of Topliss-reactive ketones (excluding diaryl/α,β-unsaturated/α-hetero) is 1. The van der Waals surface area contributed by atoms with E-state index in [2.05, 4.69) is 16.9 Å². The Bertz CT molecular complexity index is 1100. The molecule has 0 saturated heterocycles. The van der Waals surface area contributed by atoms with Crippen molar-refractivity contribution in [2.75, 3.05) is 5.75 Å². The van der Waals surface area contributed by atoms with Crippen LogP contribution in [0.25, 0.3) is 11.2 Å². The van der Waals surface area contributed by atoms with E-state index < -0.39 is 11.2 Å². The van der Waals surface area contributed by atoms with Gasteiger partial charge in [0.2, 0.25) is 0 Å². The molecule has 8 heteroatoms. The van der Waals surface area contributed by atoms with Crippen LogP contribution in [0.2, 0.25) is 0 Å². The molecule has 1 N–H and O–H groups in total. The molecule has 0 bridgehead atoms. The molecule has 0 aliphatic heterocycles. The molecular formula is C21H26N4O3S. The minimum atomic E-state index is -0.494. The van der Waals surface area contributed by atoms with Crippen molar-refractivity contribution in [1.29, 1.82) is 0 Å². The average Bonchev–Trinajstić information content (AvgIpc) is 3.10. The summed E-state index contributed by atoms with van der Waals surface area (Å²) in [6.45, 7) is 2.80. The highest BCUT2D eigenvalue weighted by Crippen LogP contribution is 2.23. The van der Waals surface area contributed by atoms with Crippen molar-refractivity contribution in [2.45, 2.75) is 50.7 Å². The lowest BCUT2D eigenvalue weighted by Crippen LogP contribution is -2.29. The number of unbranched alkanes of at least 4 members (excludes halogenated alkanes) is 4. The molecule has 0 fully saturated rings. The Morgan fingerprint density at radius 2 is 1.83 bits per heavy atom. The van der Waals surface area contributed by atoms with Gasteiger partial charge in [-0.1, -0.05) is 74.7 Å². The standard InChI is InChI=1S/C21H26N4O3S/c1-3-4-5-6-10-13-25-17-18(24(2)20(28)23-19(17)27)22-21(25)29-14-16(26)15-11-8-7-9-12-15/h7-9,11-12H,3-6,10,13-14H2,1-2H3,(H,23,27,28). The second-order valence-corrected chi connectivity index (χ2v) is 7.97. The van der Waals surface area contributed by atoms with Crippen LogP contribution in [-0.4, -0.2) is 30.6 Å². The Morgan fingerprint density at radius 1 is 1.10 bits per heavy atom. The fourth-order valence-corrected chi connectivity index (χ4v) is 4.16. The van der Waals surface area contributed by atoms with Gasteiger partial charge < -0.3 is 4.57 Å². The normalized spacial score (nSPS) is 11.2. The average molecular weight is 415 g/mol. The summed E-state index contributed by atoms with van der Waals surface area (Å²) in [6, 6.07) is 9.11. The quantitative estimate of drug-likeness (QED) is 0.312. The Balaban J connectivity index is 1.88. The Hall–Kier alpha value is -2.61. The van der Waals surface area contributed by atoms with Gasteiger partial charge >= 0.3 is 5.69 Å². The first-order valence-corrected chi connectivity index (χ1v) is 10.9. The molecule has 0 amide bonds. The second-order valence-electron chi connectivity index (χ2n) is 7.03. The van der Waals surface area contributed by atoms with Crippen LogP contribution >= 0.6 is 11.8 Å². The summed E-state index contributed by atoms with van der Waals surface area (Å²) in [4.78, 5) is 43.8. The Morgan fingerprint density at radius 3 is 2.55 bits per heavy atom. The topological polar surface area (TPSA) is 89.8 Å². The van der Waals surface area contributed by atoms with E-state index in [1.165, 1.54) is 29.2 Å². The van der Waals surface area contributed by atoms with Crippen molar-refractivity contribution in [3.05, 3.63) is 56.7 Å². The summed E-state index contributed by atoms with van der Waals surface area (Å²) in [5, 5.41) is 0.589. The number of nitrogens with one attached hydrogen (secondary N) is 1. The van der Waals surface area contributed by atoms with E-state index in [1.807, 2.05) is 22.8 Å². The highest BCUT2D eigenvalue weighted by molar-refractivity contribution is 7.99. The Kier molecular flexibility index (Phi) is 7.09. The number of aromatic nitrogens is 4. The van der Waals surface area contributed by atoms with E-state index in [-0.39, 0.29) is 11.5 Å². The van der Waals surface area contributed by atoms with Crippen LogP contribution in [0.4, 0.5) is 0 Å². The van der Waals surface area contributed by atoms with Crippen LogP contribution in [0.15, 0.2) is 45.1 Å². The van der Waals surface area contributed by atoms with Gasteiger partial charge in [-0.15, -0.1) is 0 Å². The lowest BCUT2D eigenvalue weighted by atomic mass is 10.1. The third kappa shape index (κ3) is 4.87. The van der Waals surface area contributed by atoms with Crippen molar-refractivity contribution < 1.29 is 4.79 Å². The minimum absolute atomic E-state index is 0.0000461. The van der Waals surface area contributed by atoms with E-state index in [0.29, 0.717) is 28.4 Å². The third-order valence-corrected chi connectivity index (χ3v) is 5.86.